The molecule has 1 fully saturated rings. The number of rotatable bonds is 4. The molecule has 1 heterocycles. The molecule has 0 bridgehead atoms. The minimum absolute atomic E-state index is 0.0328. The van der Waals surface area contributed by atoms with E-state index in [0.717, 1.165) is 25.9 Å². The molecular formula is C12H16Cl2N2O2S. The van der Waals surface area contributed by atoms with Gasteiger partial charge in [0.2, 0.25) is 10.0 Å². The molecule has 1 aliphatic heterocycles. The van der Waals surface area contributed by atoms with Crippen LogP contribution in [0, 0.1) is 5.92 Å². The molecule has 7 heteroatoms. The highest BCUT2D eigenvalue weighted by molar-refractivity contribution is 7.89. The molecule has 0 aliphatic carbocycles. The first-order valence-corrected chi connectivity index (χ1v) is 8.39. The van der Waals surface area contributed by atoms with E-state index in [1.807, 2.05) is 0 Å². The first-order chi connectivity index (χ1) is 9.00. The third kappa shape index (κ3) is 3.83. The van der Waals surface area contributed by atoms with Crippen molar-refractivity contribution in [2.45, 2.75) is 17.7 Å². The summed E-state index contributed by atoms with van der Waals surface area (Å²) in [4.78, 5) is 0.0328. The summed E-state index contributed by atoms with van der Waals surface area (Å²) in [6.45, 7) is 2.26. The van der Waals surface area contributed by atoms with Crippen LogP contribution in [-0.2, 0) is 10.0 Å². The maximum Gasteiger partial charge on any atom is 0.242 e. The minimum atomic E-state index is -3.61. The maximum atomic E-state index is 12.2. The highest BCUT2D eigenvalue weighted by Gasteiger charge is 2.21. The number of hydrogen-bond donors (Lipinski definition) is 2. The minimum Gasteiger partial charge on any atom is -0.316 e. The van der Waals surface area contributed by atoms with Gasteiger partial charge in [-0.2, -0.15) is 0 Å². The van der Waals surface area contributed by atoms with Crippen LogP contribution in [0.15, 0.2) is 23.1 Å². The monoisotopic (exact) mass is 322 g/mol. The lowest BCUT2D eigenvalue weighted by atomic mass is 10.0. The van der Waals surface area contributed by atoms with Crippen LogP contribution in [0.4, 0.5) is 0 Å². The average Bonchev–Trinajstić information content (AvgIpc) is 2.41. The predicted octanol–water partition coefficient (Wildman–Crippen LogP) is 2.27. The molecule has 2 N–H and O–H groups in total. The lowest BCUT2D eigenvalue weighted by Crippen LogP contribution is -2.38. The Morgan fingerprint density at radius 1 is 1.37 bits per heavy atom. The number of benzene rings is 1. The summed E-state index contributed by atoms with van der Waals surface area (Å²) in [5.74, 6) is 0.321. The summed E-state index contributed by atoms with van der Waals surface area (Å²) in [5.41, 5.74) is 0. The van der Waals surface area contributed by atoms with Crippen LogP contribution >= 0.6 is 23.2 Å². The van der Waals surface area contributed by atoms with E-state index in [1.165, 1.54) is 6.07 Å². The normalized spacial score (nSPS) is 20.4. The molecule has 0 spiro atoms. The van der Waals surface area contributed by atoms with Gasteiger partial charge in [-0.1, -0.05) is 29.3 Å². The molecule has 1 aromatic carbocycles. The largest absolute Gasteiger partial charge is 0.316 e. The van der Waals surface area contributed by atoms with E-state index >= 15 is 0 Å². The zero-order chi connectivity index (χ0) is 13.9. The SMILES string of the molecule is O=S(=O)(NC[C@H]1CCCNC1)c1cccc(Cl)c1Cl. The Morgan fingerprint density at radius 3 is 2.84 bits per heavy atom. The Bertz CT molecular complexity index is 543. The molecule has 2 rings (SSSR count). The fraction of sp³-hybridized carbons (Fsp3) is 0.500. The van der Waals surface area contributed by atoms with Crippen LogP contribution in [-0.4, -0.2) is 28.1 Å². The molecular weight excluding hydrogens is 307 g/mol. The summed E-state index contributed by atoms with van der Waals surface area (Å²) < 4.78 is 26.9. The number of nitrogens with one attached hydrogen (secondary N) is 2. The van der Waals surface area contributed by atoms with Crippen molar-refractivity contribution >= 4 is 33.2 Å². The fourth-order valence-electron chi connectivity index (χ4n) is 2.10. The van der Waals surface area contributed by atoms with Crippen LogP contribution in [0.25, 0.3) is 0 Å². The van der Waals surface area contributed by atoms with Gasteiger partial charge in [0.05, 0.1) is 10.0 Å². The lowest BCUT2D eigenvalue weighted by molar-refractivity contribution is 0.376. The van der Waals surface area contributed by atoms with Crippen LogP contribution < -0.4 is 10.0 Å². The van der Waals surface area contributed by atoms with E-state index in [-0.39, 0.29) is 14.9 Å². The molecule has 0 radical (unpaired) electrons. The zero-order valence-electron chi connectivity index (χ0n) is 10.3. The summed E-state index contributed by atoms with van der Waals surface area (Å²) in [5, 5.41) is 3.56. The average molecular weight is 323 g/mol. The fourth-order valence-corrected chi connectivity index (χ4v) is 3.97. The number of hydrogen-bond acceptors (Lipinski definition) is 3. The van der Waals surface area contributed by atoms with Crippen molar-refractivity contribution in [3.05, 3.63) is 28.2 Å². The van der Waals surface area contributed by atoms with E-state index in [1.54, 1.807) is 12.1 Å². The molecule has 106 valence electrons. The molecule has 4 nitrogen and oxygen atoms in total. The maximum absolute atomic E-state index is 12.2. The Labute approximate surface area is 123 Å². The van der Waals surface area contributed by atoms with Crippen LogP contribution in [0.3, 0.4) is 0 Å². The predicted molar refractivity (Wildman–Crippen MR) is 77.2 cm³/mol. The standard InChI is InChI=1S/C12H16Cl2N2O2S/c13-10-4-1-5-11(12(10)14)19(17,18)16-8-9-3-2-6-15-7-9/h1,4-5,9,15-16H,2-3,6-8H2/t9-/m0/s1. The second-order valence-corrected chi connectivity index (χ2v) is 7.14. The number of halogens is 2. The molecule has 19 heavy (non-hydrogen) atoms. The van der Waals surface area contributed by atoms with Crippen molar-refractivity contribution in [2.24, 2.45) is 5.92 Å². The third-order valence-corrected chi connectivity index (χ3v) is 5.56. The van der Waals surface area contributed by atoms with E-state index in [4.69, 9.17) is 23.2 Å². The quantitative estimate of drug-likeness (QED) is 0.894. The van der Waals surface area contributed by atoms with E-state index in [0.29, 0.717) is 12.5 Å². The van der Waals surface area contributed by atoms with Gasteiger partial charge in [0.15, 0.2) is 0 Å². The van der Waals surface area contributed by atoms with Gasteiger partial charge in [-0.25, -0.2) is 13.1 Å². The Hall–Kier alpha value is -0.330. The van der Waals surface area contributed by atoms with Gasteiger partial charge in [-0.05, 0) is 44.0 Å². The van der Waals surface area contributed by atoms with Gasteiger partial charge in [0.25, 0.3) is 0 Å². The summed E-state index contributed by atoms with van der Waals surface area (Å²) in [7, 11) is -3.61. The van der Waals surface area contributed by atoms with Gasteiger partial charge in [0.1, 0.15) is 4.90 Å². The molecule has 1 saturated heterocycles. The second kappa shape index (κ2) is 6.41. The van der Waals surface area contributed by atoms with Gasteiger partial charge in [-0.3, -0.25) is 0 Å². The van der Waals surface area contributed by atoms with Crippen LogP contribution in [0.5, 0.6) is 0 Å². The smallest absolute Gasteiger partial charge is 0.242 e. The van der Waals surface area contributed by atoms with Crippen molar-refractivity contribution in [1.82, 2.24) is 10.0 Å². The highest BCUT2D eigenvalue weighted by Crippen LogP contribution is 2.28. The van der Waals surface area contributed by atoms with E-state index < -0.39 is 10.0 Å². The van der Waals surface area contributed by atoms with Crippen LogP contribution in [0.1, 0.15) is 12.8 Å². The molecule has 0 amide bonds. The Kier molecular flexibility index (Phi) is 5.09. The van der Waals surface area contributed by atoms with E-state index in [2.05, 4.69) is 10.0 Å². The first kappa shape index (κ1) is 15.1. The molecule has 1 atom stereocenters. The molecule has 1 aromatic rings. The first-order valence-electron chi connectivity index (χ1n) is 6.15. The third-order valence-electron chi connectivity index (χ3n) is 3.17. The van der Waals surface area contributed by atoms with Gasteiger partial charge < -0.3 is 5.32 Å². The van der Waals surface area contributed by atoms with Crippen LogP contribution in [0.2, 0.25) is 10.0 Å². The highest BCUT2D eigenvalue weighted by atomic mass is 35.5. The van der Waals surface area contributed by atoms with Crippen molar-refractivity contribution in [2.75, 3.05) is 19.6 Å². The summed E-state index contributed by atoms with van der Waals surface area (Å²) in [6.07, 6.45) is 2.10. The van der Waals surface area contributed by atoms with Crippen molar-refractivity contribution in [1.29, 1.82) is 0 Å². The molecule has 0 aromatic heterocycles. The van der Waals surface area contributed by atoms with Gasteiger partial charge in [0, 0.05) is 6.54 Å². The van der Waals surface area contributed by atoms with Crippen molar-refractivity contribution < 1.29 is 8.42 Å². The Morgan fingerprint density at radius 2 is 2.16 bits per heavy atom. The number of sulfonamides is 1. The zero-order valence-corrected chi connectivity index (χ0v) is 12.7. The van der Waals surface area contributed by atoms with E-state index in [9.17, 15) is 8.42 Å². The summed E-state index contributed by atoms with van der Waals surface area (Å²) >= 11 is 11.8. The van der Waals surface area contributed by atoms with Crippen molar-refractivity contribution in [3.8, 4) is 0 Å². The second-order valence-electron chi connectivity index (χ2n) is 4.62. The Balaban J connectivity index is 2.07. The molecule has 0 saturated carbocycles. The number of piperidine rings is 1. The topological polar surface area (TPSA) is 58.2 Å². The van der Waals surface area contributed by atoms with Crippen molar-refractivity contribution in [3.63, 3.8) is 0 Å². The summed E-state index contributed by atoms with van der Waals surface area (Å²) in [6, 6.07) is 4.59. The molecule has 0 unspecified atom stereocenters. The molecule has 1 aliphatic rings. The van der Waals surface area contributed by atoms with Gasteiger partial charge >= 0.3 is 0 Å². The van der Waals surface area contributed by atoms with Gasteiger partial charge in [-0.15, -0.1) is 0 Å². The lowest BCUT2D eigenvalue weighted by Gasteiger charge is -2.23.